The third-order valence-corrected chi connectivity index (χ3v) is 7.27. The molecule has 1 aromatic carbocycles. The minimum atomic E-state index is -4.51. The highest BCUT2D eigenvalue weighted by atomic mass is 32.2. The first-order valence-corrected chi connectivity index (χ1v) is 10.3. The van der Waals surface area contributed by atoms with E-state index in [2.05, 4.69) is 18.8 Å². The fourth-order valence-electron chi connectivity index (χ4n) is 3.81. The molecule has 1 aromatic rings. The van der Waals surface area contributed by atoms with Crippen LogP contribution >= 0.6 is 0 Å². The SMILES string of the molecule is CC1=NC2(C)CCC(C(C)C)=CC2N1S(=O)(=O)c1ccc(C(F)(F)F)cc1. The maximum Gasteiger partial charge on any atom is 0.416 e. The van der Waals surface area contributed by atoms with Gasteiger partial charge >= 0.3 is 6.18 Å². The third-order valence-electron chi connectivity index (χ3n) is 5.40. The molecular formula is C19H23F3N2O2S. The Morgan fingerprint density at radius 3 is 2.33 bits per heavy atom. The lowest BCUT2D eigenvalue weighted by Gasteiger charge is -2.37. The van der Waals surface area contributed by atoms with Gasteiger partial charge in [0.05, 0.1) is 22.0 Å². The van der Waals surface area contributed by atoms with Gasteiger partial charge in [0.1, 0.15) is 5.84 Å². The smallest absolute Gasteiger partial charge is 0.263 e. The van der Waals surface area contributed by atoms with E-state index in [0.717, 1.165) is 37.1 Å². The fraction of sp³-hybridized carbons (Fsp3) is 0.526. The minimum Gasteiger partial charge on any atom is -0.263 e. The van der Waals surface area contributed by atoms with Crippen LogP contribution in [0, 0.1) is 5.92 Å². The first-order valence-electron chi connectivity index (χ1n) is 8.85. The summed E-state index contributed by atoms with van der Waals surface area (Å²) in [5, 5.41) is 0. The Bertz CT molecular complexity index is 902. The van der Waals surface area contributed by atoms with Crippen LogP contribution in [0.2, 0.25) is 0 Å². The van der Waals surface area contributed by atoms with E-state index in [1.54, 1.807) is 6.92 Å². The van der Waals surface area contributed by atoms with E-state index in [0.29, 0.717) is 11.8 Å². The van der Waals surface area contributed by atoms with E-state index in [1.807, 2.05) is 13.0 Å². The Morgan fingerprint density at radius 2 is 1.81 bits per heavy atom. The summed E-state index contributed by atoms with van der Waals surface area (Å²) in [4.78, 5) is 4.44. The molecule has 1 aliphatic heterocycles. The number of allylic oxidation sites excluding steroid dienone is 1. The molecule has 0 amide bonds. The van der Waals surface area contributed by atoms with Crippen LogP contribution < -0.4 is 0 Å². The number of sulfonamides is 1. The largest absolute Gasteiger partial charge is 0.416 e. The lowest BCUT2D eigenvalue weighted by molar-refractivity contribution is -0.137. The molecule has 3 rings (SSSR count). The van der Waals surface area contributed by atoms with Crippen molar-refractivity contribution < 1.29 is 21.6 Å². The quantitative estimate of drug-likeness (QED) is 0.695. The topological polar surface area (TPSA) is 49.7 Å². The van der Waals surface area contributed by atoms with Crippen LogP contribution in [-0.2, 0) is 16.2 Å². The second-order valence-electron chi connectivity index (χ2n) is 7.68. The zero-order valence-corrected chi connectivity index (χ0v) is 16.5. The van der Waals surface area contributed by atoms with Gasteiger partial charge in [-0.15, -0.1) is 0 Å². The number of fused-ring (bicyclic) bond motifs is 1. The van der Waals surface area contributed by atoms with Gasteiger partial charge in [0.2, 0.25) is 0 Å². The summed E-state index contributed by atoms with van der Waals surface area (Å²) in [6, 6.07) is 3.15. The minimum absolute atomic E-state index is 0.167. The van der Waals surface area contributed by atoms with E-state index in [4.69, 9.17) is 0 Å². The predicted molar refractivity (Wildman–Crippen MR) is 97.9 cm³/mol. The monoisotopic (exact) mass is 400 g/mol. The third kappa shape index (κ3) is 3.39. The number of alkyl halides is 3. The van der Waals surface area contributed by atoms with Gasteiger partial charge in [-0.3, -0.25) is 4.99 Å². The number of hydrogen-bond donors (Lipinski definition) is 0. The number of nitrogens with zero attached hydrogens (tertiary/aromatic N) is 2. The summed E-state index contributed by atoms with van der Waals surface area (Å²) in [5.74, 6) is 0.662. The molecule has 0 radical (unpaired) electrons. The van der Waals surface area contributed by atoms with E-state index < -0.39 is 33.3 Å². The van der Waals surface area contributed by atoms with Crippen LogP contribution in [0.25, 0.3) is 0 Å². The van der Waals surface area contributed by atoms with Crippen molar-refractivity contribution in [2.24, 2.45) is 10.9 Å². The normalized spacial score (nSPS) is 26.1. The molecule has 2 unspecified atom stereocenters. The fourth-order valence-corrected chi connectivity index (χ4v) is 5.49. The highest BCUT2D eigenvalue weighted by molar-refractivity contribution is 7.89. The van der Waals surface area contributed by atoms with Gasteiger partial charge in [0.15, 0.2) is 0 Å². The molecule has 4 nitrogen and oxygen atoms in total. The average Bonchev–Trinajstić information content (AvgIpc) is 2.83. The summed E-state index contributed by atoms with van der Waals surface area (Å²) in [6.45, 7) is 7.68. The van der Waals surface area contributed by atoms with Crippen molar-refractivity contribution in [3.63, 3.8) is 0 Å². The molecule has 0 saturated carbocycles. The maximum atomic E-state index is 13.2. The van der Waals surface area contributed by atoms with Gasteiger partial charge in [-0.2, -0.15) is 13.2 Å². The number of rotatable bonds is 3. The standard InChI is InChI=1S/C19H23F3N2O2S/c1-12(2)14-9-10-18(4)17(11-14)24(13(3)23-18)27(25,26)16-7-5-15(6-8-16)19(20,21)22/h5-8,11-12,17H,9-10H2,1-4H3. The van der Waals surface area contributed by atoms with Crippen molar-refractivity contribution in [1.82, 2.24) is 4.31 Å². The number of aliphatic imine (C=N–C) groups is 1. The lowest BCUT2D eigenvalue weighted by atomic mass is 9.78. The summed E-state index contributed by atoms with van der Waals surface area (Å²) in [6.07, 6.45) is -0.951. The molecule has 0 saturated heterocycles. The van der Waals surface area contributed by atoms with Crippen molar-refractivity contribution in [3.8, 4) is 0 Å². The summed E-state index contributed by atoms with van der Waals surface area (Å²) in [5.41, 5.74) is -0.255. The number of amidine groups is 1. The van der Waals surface area contributed by atoms with Crippen LogP contribution in [0.1, 0.15) is 46.1 Å². The number of benzene rings is 1. The molecule has 1 aliphatic carbocycles. The van der Waals surface area contributed by atoms with Gasteiger partial charge in [-0.25, -0.2) is 12.7 Å². The number of hydrogen-bond acceptors (Lipinski definition) is 3. The predicted octanol–water partition coefficient (Wildman–Crippen LogP) is 4.63. The molecule has 148 valence electrons. The molecule has 1 heterocycles. The molecule has 0 bridgehead atoms. The molecule has 2 atom stereocenters. The van der Waals surface area contributed by atoms with Crippen molar-refractivity contribution in [2.45, 2.75) is 63.2 Å². The van der Waals surface area contributed by atoms with Crippen molar-refractivity contribution >= 4 is 15.9 Å². The summed E-state index contributed by atoms with van der Waals surface area (Å²) in [7, 11) is -4.02. The first kappa shape index (κ1) is 19.9. The zero-order valence-electron chi connectivity index (χ0n) is 15.7. The highest BCUT2D eigenvalue weighted by Gasteiger charge is 2.49. The van der Waals surface area contributed by atoms with E-state index in [-0.39, 0.29) is 4.90 Å². The van der Waals surface area contributed by atoms with Gasteiger partial charge in [-0.05, 0) is 56.9 Å². The van der Waals surface area contributed by atoms with Crippen molar-refractivity contribution in [2.75, 3.05) is 0 Å². The zero-order chi connectivity index (χ0) is 20.2. The molecule has 27 heavy (non-hydrogen) atoms. The Balaban J connectivity index is 2.03. The molecule has 2 aliphatic rings. The second kappa shape index (κ2) is 6.36. The van der Waals surface area contributed by atoms with Crippen LogP contribution in [0.15, 0.2) is 45.8 Å². The van der Waals surface area contributed by atoms with E-state index in [1.165, 1.54) is 9.88 Å². The first-order chi connectivity index (χ1) is 12.4. The van der Waals surface area contributed by atoms with E-state index >= 15 is 0 Å². The second-order valence-corrected chi connectivity index (χ2v) is 9.50. The Hall–Kier alpha value is -1.83. The number of halogens is 3. The molecule has 0 fully saturated rings. The molecule has 0 spiro atoms. The van der Waals surface area contributed by atoms with Crippen LogP contribution in [-0.4, -0.2) is 30.1 Å². The van der Waals surface area contributed by atoms with E-state index in [9.17, 15) is 21.6 Å². The molecular weight excluding hydrogens is 377 g/mol. The highest BCUT2D eigenvalue weighted by Crippen LogP contribution is 2.42. The van der Waals surface area contributed by atoms with Crippen LogP contribution in [0.4, 0.5) is 13.2 Å². The summed E-state index contributed by atoms with van der Waals surface area (Å²) >= 11 is 0. The molecule has 8 heteroatoms. The van der Waals surface area contributed by atoms with Crippen LogP contribution in [0.5, 0.6) is 0 Å². The molecule has 0 aromatic heterocycles. The van der Waals surface area contributed by atoms with Crippen LogP contribution in [0.3, 0.4) is 0 Å². The maximum absolute atomic E-state index is 13.2. The Kier molecular flexibility index (Phi) is 4.69. The average molecular weight is 400 g/mol. The Morgan fingerprint density at radius 1 is 1.22 bits per heavy atom. The Labute approximate surface area is 157 Å². The molecule has 0 N–H and O–H groups in total. The van der Waals surface area contributed by atoms with Gasteiger partial charge in [-0.1, -0.05) is 25.5 Å². The van der Waals surface area contributed by atoms with Gasteiger partial charge < -0.3 is 0 Å². The lowest BCUT2D eigenvalue weighted by Crippen LogP contribution is -2.48. The van der Waals surface area contributed by atoms with Gasteiger partial charge in [0, 0.05) is 0 Å². The van der Waals surface area contributed by atoms with Gasteiger partial charge in [0.25, 0.3) is 10.0 Å². The van der Waals surface area contributed by atoms with Crippen molar-refractivity contribution in [3.05, 3.63) is 41.5 Å². The van der Waals surface area contributed by atoms with Crippen molar-refractivity contribution in [1.29, 1.82) is 0 Å². The summed E-state index contributed by atoms with van der Waals surface area (Å²) < 4.78 is 66.0.